The molecule has 1 saturated carbocycles. The quantitative estimate of drug-likeness (QED) is 0.781. The molecule has 0 amide bonds. The van der Waals surface area contributed by atoms with Crippen LogP contribution in [0.2, 0.25) is 0 Å². The van der Waals surface area contributed by atoms with E-state index in [4.69, 9.17) is 0 Å². The van der Waals surface area contributed by atoms with Gasteiger partial charge in [-0.1, -0.05) is 12.1 Å². The second-order valence-corrected chi connectivity index (χ2v) is 5.21. The normalized spacial score (nSPS) is 33.5. The van der Waals surface area contributed by atoms with Crippen molar-refractivity contribution in [1.29, 1.82) is 0 Å². The van der Waals surface area contributed by atoms with Crippen LogP contribution in [0.1, 0.15) is 18.4 Å². The molecule has 3 fully saturated rings. The fourth-order valence-electron chi connectivity index (χ4n) is 3.24. The SMILES string of the molecule is Fc1ccc(CC23CNCC(C2)C3)cc1. The lowest BCUT2D eigenvalue weighted by Gasteiger charge is -2.53. The van der Waals surface area contributed by atoms with Crippen LogP contribution in [-0.2, 0) is 6.42 Å². The zero-order valence-corrected chi connectivity index (χ0v) is 8.80. The number of benzene rings is 1. The molecule has 2 bridgehead atoms. The van der Waals surface area contributed by atoms with Gasteiger partial charge in [-0.05, 0) is 54.8 Å². The Morgan fingerprint density at radius 2 is 2.00 bits per heavy atom. The molecule has 1 aromatic rings. The maximum Gasteiger partial charge on any atom is 0.123 e. The maximum absolute atomic E-state index is 12.8. The van der Waals surface area contributed by atoms with Crippen LogP contribution in [0.15, 0.2) is 24.3 Å². The molecular weight excluding hydrogens is 189 g/mol. The minimum Gasteiger partial charge on any atom is -0.316 e. The summed E-state index contributed by atoms with van der Waals surface area (Å²) in [7, 11) is 0. The first kappa shape index (κ1) is 9.34. The summed E-state index contributed by atoms with van der Waals surface area (Å²) in [6.07, 6.45) is 3.82. The van der Waals surface area contributed by atoms with E-state index in [0.717, 1.165) is 18.9 Å². The van der Waals surface area contributed by atoms with Gasteiger partial charge >= 0.3 is 0 Å². The van der Waals surface area contributed by atoms with E-state index in [-0.39, 0.29) is 5.82 Å². The van der Waals surface area contributed by atoms with Crippen LogP contribution in [0.4, 0.5) is 4.39 Å². The molecule has 2 saturated heterocycles. The molecule has 3 aliphatic rings. The van der Waals surface area contributed by atoms with E-state index < -0.39 is 0 Å². The molecule has 0 aromatic heterocycles. The summed E-state index contributed by atoms with van der Waals surface area (Å²) < 4.78 is 12.8. The van der Waals surface area contributed by atoms with Gasteiger partial charge in [0.2, 0.25) is 0 Å². The second kappa shape index (κ2) is 3.31. The van der Waals surface area contributed by atoms with Gasteiger partial charge < -0.3 is 5.32 Å². The van der Waals surface area contributed by atoms with E-state index in [1.54, 1.807) is 12.1 Å². The summed E-state index contributed by atoms with van der Waals surface area (Å²) in [5.41, 5.74) is 1.76. The van der Waals surface area contributed by atoms with E-state index in [1.165, 1.54) is 24.9 Å². The van der Waals surface area contributed by atoms with E-state index in [9.17, 15) is 4.39 Å². The Labute approximate surface area is 89.7 Å². The second-order valence-electron chi connectivity index (χ2n) is 5.21. The number of hydrogen-bond donors (Lipinski definition) is 1. The van der Waals surface area contributed by atoms with E-state index >= 15 is 0 Å². The minimum atomic E-state index is -0.135. The van der Waals surface area contributed by atoms with Crippen LogP contribution in [0, 0.1) is 17.2 Å². The third-order valence-electron chi connectivity index (χ3n) is 3.87. The number of rotatable bonds is 2. The third kappa shape index (κ3) is 1.67. The van der Waals surface area contributed by atoms with Gasteiger partial charge in [0.1, 0.15) is 5.82 Å². The molecule has 2 heteroatoms. The Morgan fingerprint density at radius 1 is 1.27 bits per heavy atom. The van der Waals surface area contributed by atoms with Gasteiger partial charge in [0.15, 0.2) is 0 Å². The Balaban J connectivity index is 1.72. The zero-order valence-electron chi connectivity index (χ0n) is 8.80. The van der Waals surface area contributed by atoms with Gasteiger partial charge in [0, 0.05) is 6.54 Å². The highest BCUT2D eigenvalue weighted by Gasteiger charge is 2.46. The summed E-state index contributed by atoms with van der Waals surface area (Å²) in [5, 5.41) is 3.48. The molecule has 80 valence electrons. The molecule has 1 nitrogen and oxygen atoms in total. The Bertz CT molecular complexity index is 346. The van der Waals surface area contributed by atoms with Gasteiger partial charge in [0.05, 0.1) is 0 Å². The monoisotopic (exact) mass is 205 g/mol. The van der Waals surface area contributed by atoms with Gasteiger partial charge in [-0.2, -0.15) is 0 Å². The van der Waals surface area contributed by atoms with Gasteiger partial charge in [-0.3, -0.25) is 0 Å². The number of hydrogen-bond acceptors (Lipinski definition) is 1. The van der Waals surface area contributed by atoms with Crippen molar-refractivity contribution in [3.8, 4) is 0 Å². The fraction of sp³-hybridized carbons (Fsp3) is 0.538. The Kier molecular flexibility index (Phi) is 2.06. The molecule has 0 unspecified atom stereocenters. The lowest BCUT2D eigenvalue weighted by Crippen LogP contribution is -2.55. The van der Waals surface area contributed by atoms with Crippen LogP contribution >= 0.6 is 0 Å². The topological polar surface area (TPSA) is 12.0 Å². The van der Waals surface area contributed by atoms with Crippen LogP contribution < -0.4 is 5.32 Å². The summed E-state index contributed by atoms with van der Waals surface area (Å²) in [6, 6.07) is 6.98. The first-order chi connectivity index (χ1) is 7.26. The predicted octanol–water partition coefficient (Wildman–Crippen LogP) is 2.37. The summed E-state index contributed by atoms with van der Waals surface area (Å²) in [4.78, 5) is 0. The van der Waals surface area contributed by atoms with Gasteiger partial charge in [0.25, 0.3) is 0 Å². The number of halogens is 1. The molecule has 1 aliphatic carbocycles. The van der Waals surface area contributed by atoms with E-state index in [1.807, 2.05) is 12.1 Å². The molecule has 0 radical (unpaired) electrons. The van der Waals surface area contributed by atoms with Crippen molar-refractivity contribution < 1.29 is 4.39 Å². The lowest BCUT2D eigenvalue weighted by atomic mass is 9.57. The smallest absolute Gasteiger partial charge is 0.123 e. The minimum absolute atomic E-state index is 0.135. The van der Waals surface area contributed by atoms with Crippen molar-refractivity contribution >= 4 is 0 Å². The Hall–Kier alpha value is -0.890. The van der Waals surface area contributed by atoms with Crippen molar-refractivity contribution in [3.63, 3.8) is 0 Å². The highest BCUT2D eigenvalue weighted by atomic mass is 19.1. The molecule has 4 rings (SSSR count). The average Bonchev–Trinajstić information content (AvgIpc) is 2.21. The van der Waals surface area contributed by atoms with Crippen LogP contribution in [-0.4, -0.2) is 13.1 Å². The molecule has 0 atom stereocenters. The first-order valence-corrected chi connectivity index (χ1v) is 5.71. The lowest BCUT2D eigenvalue weighted by molar-refractivity contribution is 0.0145. The summed E-state index contributed by atoms with van der Waals surface area (Å²) >= 11 is 0. The maximum atomic E-state index is 12.8. The van der Waals surface area contributed by atoms with Crippen molar-refractivity contribution in [2.45, 2.75) is 19.3 Å². The number of fused-ring (bicyclic) bond motifs is 2. The molecule has 0 spiro atoms. The van der Waals surface area contributed by atoms with Gasteiger partial charge in [-0.25, -0.2) is 4.39 Å². The van der Waals surface area contributed by atoms with Crippen molar-refractivity contribution in [2.24, 2.45) is 11.3 Å². The van der Waals surface area contributed by atoms with Gasteiger partial charge in [-0.15, -0.1) is 0 Å². The van der Waals surface area contributed by atoms with Crippen LogP contribution in [0.25, 0.3) is 0 Å². The van der Waals surface area contributed by atoms with Crippen LogP contribution in [0.3, 0.4) is 0 Å². The number of piperidine rings is 2. The highest BCUT2D eigenvalue weighted by molar-refractivity contribution is 5.20. The molecule has 2 heterocycles. The van der Waals surface area contributed by atoms with Crippen molar-refractivity contribution in [2.75, 3.05) is 13.1 Å². The third-order valence-corrected chi connectivity index (χ3v) is 3.87. The zero-order chi connectivity index (χ0) is 10.3. The van der Waals surface area contributed by atoms with Crippen molar-refractivity contribution in [3.05, 3.63) is 35.6 Å². The van der Waals surface area contributed by atoms with E-state index in [2.05, 4.69) is 5.32 Å². The number of nitrogens with one attached hydrogen (secondary N) is 1. The summed E-state index contributed by atoms with van der Waals surface area (Å²) in [5.74, 6) is 0.767. The largest absolute Gasteiger partial charge is 0.316 e. The first-order valence-electron chi connectivity index (χ1n) is 5.71. The van der Waals surface area contributed by atoms with Crippen molar-refractivity contribution in [1.82, 2.24) is 5.32 Å². The molecule has 15 heavy (non-hydrogen) atoms. The summed E-state index contributed by atoms with van der Waals surface area (Å²) in [6.45, 7) is 2.34. The molecule has 2 aliphatic heterocycles. The van der Waals surface area contributed by atoms with Crippen LogP contribution in [0.5, 0.6) is 0 Å². The standard InChI is InChI=1S/C13H16FN/c14-12-3-1-10(2-4-12)5-13-6-11(7-13)8-15-9-13/h1-4,11,15H,5-9H2. The molecule has 1 aromatic carbocycles. The fourth-order valence-corrected chi connectivity index (χ4v) is 3.24. The molecular formula is C13H16FN. The highest BCUT2D eigenvalue weighted by Crippen LogP contribution is 2.49. The average molecular weight is 205 g/mol. The predicted molar refractivity (Wildman–Crippen MR) is 58.1 cm³/mol. The molecule has 1 N–H and O–H groups in total. The Morgan fingerprint density at radius 3 is 2.60 bits per heavy atom. The van der Waals surface area contributed by atoms with E-state index in [0.29, 0.717) is 5.41 Å².